The molecule has 1 aromatic carbocycles. The first kappa shape index (κ1) is 17.0. The maximum atomic E-state index is 12.3. The van der Waals surface area contributed by atoms with Gasteiger partial charge in [0.15, 0.2) is 0 Å². The number of pyridine rings is 1. The van der Waals surface area contributed by atoms with Crippen LogP contribution in [-0.2, 0) is 11.2 Å². The van der Waals surface area contributed by atoms with Crippen molar-refractivity contribution in [2.45, 2.75) is 25.8 Å². The lowest BCUT2D eigenvalue weighted by atomic mass is 10.1. The van der Waals surface area contributed by atoms with Gasteiger partial charge in [-0.2, -0.15) is 0 Å². The summed E-state index contributed by atoms with van der Waals surface area (Å²) < 4.78 is 0. The third-order valence-electron chi connectivity index (χ3n) is 3.93. The van der Waals surface area contributed by atoms with Crippen molar-refractivity contribution in [1.29, 1.82) is 0 Å². The minimum atomic E-state index is -0.451. The van der Waals surface area contributed by atoms with E-state index >= 15 is 0 Å². The SMILES string of the molecule is CC(C)(CO)Nc1ccc(NC(=O)Cc2c[nH]c3ccccc23)cn1. The summed E-state index contributed by atoms with van der Waals surface area (Å²) >= 11 is 0. The van der Waals surface area contributed by atoms with Gasteiger partial charge in [0.2, 0.25) is 5.91 Å². The third kappa shape index (κ3) is 4.16. The van der Waals surface area contributed by atoms with Gasteiger partial charge < -0.3 is 20.7 Å². The number of H-pyrrole nitrogens is 1. The van der Waals surface area contributed by atoms with Crippen molar-refractivity contribution in [1.82, 2.24) is 9.97 Å². The Kier molecular flexibility index (Phi) is 4.72. The van der Waals surface area contributed by atoms with Gasteiger partial charge in [-0.25, -0.2) is 4.98 Å². The fourth-order valence-electron chi connectivity index (χ4n) is 2.58. The van der Waals surface area contributed by atoms with Crippen LogP contribution >= 0.6 is 0 Å². The molecule has 0 atom stereocenters. The van der Waals surface area contributed by atoms with Crippen LogP contribution < -0.4 is 10.6 Å². The van der Waals surface area contributed by atoms with E-state index in [0.29, 0.717) is 17.9 Å². The van der Waals surface area contributed by atoms with Crippen molar-refractivity contribution >= 4 is 28.3 Å². The third-order valence-corrected chi connectivity index (χ3v) is 3.93. The molecule has 0 spiro atoms. The number of carbonyl (C=O) groups is 1. The average molecular weight is 338 g/mol. The highest BCUT2D eigenvalue weighted by atomic mass is 16.3. The van der Waals surface area contributed by atoms with Gasteiger partial charge in [0.1, 0.15) is 5.82 Å². The van der Waals surface area contributed by atoms with Crippen LogP contribution in [0.1, 0.15) is 19.4 Å². The second-order valence-corrected chi connectivity index (χ2v) is 6.68. The molecule has 6 nitrogen and oxygen atoms in total. The fraction of sp³-hybridized carbons (Fsp3) is 0.263. The van der Waals surface area contributed by atoms with E-state index in [-0.39, 0.29) is 12.5 Å². The zero-order valence-electron chi connectivity index (χ0n) is 14.3. The first-order valence-electron chi connectivity index (χ1n) is 8.17. The maximum absolute atomic E-state index is 12.3. The van der Waals surface area contributed by atoms with Crippen molar-refractivity contribution in [3.05, 3.63) is 54.4 Å². The van der Waals surface area contributed by atoms with Crippen molar-refractivity contribution < 1.29 is 9.90 Å². The number of carbonyl (C=O) groups excluding carboxylic acids is 1. The lowest BCUT2D eigenvalue weighted by molar-refractivity contribution is -0.115. The summed E-state index contributed by atoms with van der Waals surface area (Å²) in [4.78, 5) is 19.7. The molecular formula is C19H22N4O2. The summed E-state index contributed by atoms with van der Waals surface area (Å²) in [5.74, 6) is 0.552. The van der Waals surface area contributed by atoms with E-state index in [1.54, 1.807) is 18.3 Å². The summed E-state index contributed by atoms with van der Waals surface area (Å²) in [5, 5.41) is 16.3. The number of amides is 1. The molecular weight excluding hydrogens is 316 g/mol. The van der Waals surface area contributed by atoms with Gasteiger partial charge in [0.05, 0.1) is 30.5 Å². The molecule has 4 N–H and O–H groups in total. The molecule has 0 aliphatic heterocycles. The molecule has 0 radical (unpaired) electrons. The number of nitrogens with one attached hydrogen (secondary N) is 3. The van der Waals surface area contributed by atoms with Crippen molar-refractivity contribution in [2.24, 2.45) is 0 Å². The van der Waals surface area contributed by atoms with Crippen LogP contribution in [-0.4, -0.2) is 33.1 Å². The molecule has 0 bridgehead atoms. The van der Waals surface area contributed by atoms with Crippen molar-refractivity contribution in [2.75, 3.05) is 17.2 Å². The Hall–Kier alpha value is -2.86. The van der Waals surface area contributed by atoms with Crippen LogP contribution in [0.5, 0.6) is 0 Å². The number of para-hydroxylation sites is 1. The smallest absolute Gasteiger partial charge is 0.228 e. The zero-order valence-corrected chi connectivity index (χ0v) is 14.3. The zero-order chi connectivity index (χ0) is 17.9. The molecule has 0 saturated heterocycles. The summed E-state index contributed by atoms with van der Waals surface area (Å²) in [7, 11) is 0. The lowest BCUT2D eigenvalue weighted by Crippen LogP contribution is -2.35. The largest absolute Gasteiger partial charge is 0.394 e. The number of benzene rings is 1. The number of aliphatic hydroxyl groups is 1. The molecule has 130 valence electrons. The Morgan fingerprint density at radius 3 is 2.76 bits per heavy atom. The Morgan fingerprint density at radius 1 is 1.24 bits per heavy atom. The van der Waals surface area contributed by atoms with E-state index in [1.165, 1.54) is 0 Å². The van der Waals surface area contributed by atoms with E-state index in [4.69, 9.17) is 0 Å². The van der Waals surface area contributed by atoms with E-state index in [1.807, 2.05) is 44.3 Å². The van der Waals surface area contributed by atoms with Crippen LogP contribution in [0.15, 0.2) is 48.8 Å². The Morgan fingerprint density at radius 2 is 2.04 bits per heavy atom. The molecule has 3 aromatic rings. The number of fused-ring (bicyclic) bond motifs is 1. The van der Waals surface area contributed by atoms with E-state index in [9.17, 15) is 9.90 Å². The number of anilines is 2. The molecule has 0 saturated carbocycles. The number of rotatable bonds is 6. The molecule has 25 heavy (non-hydrogen) atoms. The Balaban J connectivity index is 1.63. The second kappa shape index (κ2) is 6.94. The van der Waals surface area contributed by atoms with Gasteiger partial charge in [-0.3, -0.25) is 4.79 Å². The predicted molar refractivity (Wildman–Crippen MR) is 99.7 cm³/mol. The number of aliphatic hydroxyl groups excluding tert-OH is 1. The van der Waals surface area contributed by atoms with Gasteiger partial charge in [-0.1, -0.05) is 18.2 Å². The van der Waals surface area contributed by atoms with Crippen LogP contribution in [0.2, 0.25) is 0 Å². The number of aromatic nitrogens is 2. The first-order valence-corrected chi connectivity index (χ1v) is 8.17. The highest BCUT2D eigenvalue weighted by molar-refractivity contribution is 5.95. The van der Waals surface area contributed by atoms with Gasteiger partial charge in [0.25, 0.3) is 0 Å². The van der Waals surface area contributed by atoms with Gasteiger partial charge >= 0.3 is 0 Å². The average Bonchev–Trinajstić information content (AvgIpc) is 2.99. The molecule has 2 aromatic heterocycles. The number of hydrogen-bond acceptors (Lipinski definition) is 4. The molecule has 0 aliphatic carbocycles. The molecule has 0 aliphatic rings. The van der Waals surface area contributed by atoms with E-state index in [0.717, 1.165) is 16.5 Å². The molecule has 0 unspecified atom stereocenters. The first-order chi connectivity index (χ1) is 12.0. The Bertz CT molecular complexity index is 869. The summed E-state index contributed by atoms with van der Waals surface area (Å²) in [5.41, 5.74) is 2.17. The van der Waals surface area contributed by atoms with E-state index in [2.05, 4.69) is 20.6 Å². The monoisotopic (exact) mass is 338 g/mol. The topological polar surface area (TPSA) is 90.0 Å². The maximum Gasteiger partial charge on any atom is 0.228 e. The molecule has 2 heterocycles. The van der Waals surface area contributed by atoms with Crippen molar-refractivity contribution in [3.8, 4) is 0 Å². The van der Waals surface area contributed by atoms with Gasteiger partial charge in [-0.15, -0.1) is 0 Å². The number of aromatic amines is 1. The minimum Gasteiger partial charge on any atom is -0.394 e. The minimum absolute atomic E-state index is 0.00219. The van der Waals surface area contributed by atoms with Crippen molar-refractivity contribution in [3.63, 3.8) is 0 Å². The standard InChI is InChI=1S/C19H22N4O2/c1-19(2,12-24)23-17-8-7-14(11-21-17)22-18(25)9-13-10-20-16-6-4-3-5-15(13)16/h3-8,10-11,20,24H,9,12H2,1-2H3,(H,21,23)(H,22,25). The van der Waals surface area contributed by atoms with Crippen LogP contribution in [0.4, 0.5) is 11.5 Å². The summed E-state index contributed by atoms with van der Waals surface area (Å²) in [6.45, 7) is 3.76. The normalized spacial score (nSPS) is 11.5. The highest BCUT2D eigenvalue weighted by Gasteiger charge is 2.16. The number of nitrogens with zero attached hydrogens (tertiary/aromatic N) is 1. The predicted octanol–water partition coefficient (Wildman–Crippen LogP) is 2.93. The van der Waals surface area contributed by atoms with Crippen LogP contribution in [0.3, 0.4) is 0 Å². The van der Waals surface area contributed by atoms with Crippen LogP contribution in [0, 0.1) is 0 Å². The quantitative estimate of drug-likeness (QED) is 0.556. The second-order valence-electron chi connectivity index (χ2n) is 6.68. The van der Waals surface area contributed by atoms with Gasteiger partial charge in [0, 0.05) is 17.1 Å². The Labute approximate surface area is 146 Å². The van der Waals surface area contributed by atoms with Gasteiger partial charge in [-0.05, 0) is 37.6 Å². The molecule has 1 amide bonds. The van der Waals surface area contributed by atoms with Crippen LogP contribution in [0.25, 0.3) is 10.9 Å². The summed E-state index contributed by atoms with van der Waals surface area (Å²) in [6, 6.07) is 11.5. The molecule has 0 fully saturated rings. The summed E-state index contributed by atoms with van der Waals surface area (Å²) in [6.07, 6.45) is 3.76. The molecule has 3 rings (SSSR count). The van der Waals surface area contributed by atoms with E-state index < -0.39 is 5.54 Å². The lowest BCUT2D eigenvalue weighted by Gasteiger charge is -2.24. The fourth-order valence-corrected chi connectivity index (χ4v) is 2.58. The highest BCUT2D eigenvalue weighted by Crippen LogP contribution is 2.19. The number of hydrogen-bond donors (Lipinski definition) is 4. The molecule has 6 heteroatoms.